The zero-order valence-electron chi connectivity index (χ0n) is 13.0. The lowest BCUT2D eigenvalue weighted by Crippen LogP contribution is -2.40. The van der Waals surface area contributed by atoms with Gasteiger partial charge in [-0.05, 0) is 25.5 Å². The third-order valence-corrected chi connectivity index (χ3v) is 3.31. The molecule has 1 heterocycles. The number of nitrogens with one attached hydrogen (secondary N) is 1. The molecule has 2 N–H and O–H groups in total. The van der Waals surface area contributed by atoms with E-state index in [1.807, 2.05) is 11.8 Å². The third-order valence-electron chi connectivity index (χ3n) is 3.31. The molecule has 130 valence electrons. The highest BCUT2D eigenvalue weighted by atomic mass is 127. The van der Waals surface area contributed by atoms with Gasteiger partial charge >= 0.3 is 0 Å². The van der Waals surface area contributed by atoms with Crippen molar-refractivity contribution in [3.05, 3.63) is 29.8 Å². The highest BCUT2D eigenvalue weighted by Crippen LogP contribution is 2.15. The van der Waals surface area contributed by atoms with Gasteiger partial charge in [-0.25, -0.2) is 13.8 Å². The summed E-state index contributed by atoms with van der Waals surface area (Å²) in [5.41, 5.74) is 0. The number of β-amino-alcohol motifs (C(OH)–C–C–N with tert-alkyl or cyclic N) is 1. The fraction of sp³-hybridized carbons (Fsp3) is 0.533. The molecule has 1 fully saturated rings. The highest BCUT2D eigenvalue weighted by molar-refractivity contribution is 14.0. The highest BCUT2D eigenvalue weighted by Gasteiger charge is 2.22. The van der Waals surface area contributed by atoms with Crippen molar-refractivity contribution < 1.29 is 18.6 Å². The molecule has 0 bridgehead atoms. The predicted molar refractivity (Wildman–Crippen MR) is 95.4 cm³/mol. The number of hydrogen-bond donors (Lipinski definition) is 2. The second-order valence-corrected chi connectivity index (χ2v) is 5.05. The van der Waals surface area contributed by atoms with Gasteiger partial charge in [0.15, 0.2) is 17.6 Å². The molecular weight excluding hydrogens is 419 g/mol. The third kappa shape index (κ3) is 6.09. The number of hydrogen-bond acceptors (Lipinski definition) is 3. The second-order valence-electron chi connectivity index (χ2n) is 5.05. The molecule has 5 nitrogen and oxygen atoms in total. The number of guanidine groups is 1. The van der Waals surface area contributed by atoms with Gasteiger partial charge in [-0.15, -0.1) is 24.0 Å². The summed E-state index contributed by atoms with van der Waals surface area (Å²) in [5.74, 6) is -0.823. The predicted octanol–water partition coefficient (Wildman–Crippen LogP) is 1.99. The average molecular weight is 441 g/mol. The smallest absolute Gasteiger partial charge is 0.194 e. The fourth-order valence-corrected chi connectivity index (χ4v) is 2.24. The van der Waals surface area contributed by atoms with Crippen molar-refractivity contribution in [3.63, 3.8) is 0 Å². The quantitative estimate of drug-likeness (QED) is 0.318. The van der Waals surface area contributed by atoms with E-state index >= 15 is 0 Å². The number of rotatable bonds is 5. The summed E-state index contributed by atoms with van der Waals surface area (Å²) in [5, 5.41) is 12.7. The van der Waals surface area contributed by atoms with E-state index in [0.717, 1.165) is 37.6 Å². The zero-order chi connectivity index (χ0) is 15.9. The molecule has 2 rings (SSSR count). The Morgan fingerprint density at radius 1 is 1.43 bits per heavy atom. The SMILES string of the molecule is CCNC(=NCCOc1ccc(F)c(F)c1)N1CC[C@@H](O)C1.I. The second kappa shape index (κ2) is 9.86. The van der Waals surface area contributed by atoms with E-state index < -0.39 is 11.6 Å². The van der Waals surface area contributed by atoms with Crippen molar-refractivity contribution in [2.75, 3.05) is 32.8 Å². The molecular formula is C15H22F2IN3O2. The summed E-state index contributed by atoms with van der Waals surface area (Å²) in [6.45, 7) is 4.67. The first-order chi connectivity index (χ1) is 10.6. The van der Waals surface area contributed by atoms with Crippen LogP contribution in [0.2, 0.25) is 0 Å². The first-order valence-electron chi connectivity index (χ1n) is 7.39. The van der Waals surface area contributed by atoms with E-state index in [1.54, 1.807) is 0 Å². The maximum Gasteiger partial charge on any atom is 0.194 e. The van der Waals surface area contributed by atoms with Gasteiger partial charge in [-0.1, -0.05) is 0 Å². The number of aliphatic hydroxyl groups is 1. The number of benzene rings is 1. The van der Waals surface area contributed by atoms with Gasteiger partial charge in [0.1, 0.15) is 12.4 Å². The number of aliphatic imine (C=N–C) groups is 1. The molecule has 0 spiro atoms. The maximum absolute atomic E-state index is 13.0. The topological polar surface area (TPSA) is 57.1 Å². The van der Waals surface area contributed by atoms with E-state index in [4.69, 9.17) is 4.74 Å². The molecule has 1 aromatic rings. The normalized spacial score (nSPS) is 17.8. The van der Waals surface area contributed by atoms with Gasteiger partial charge in [-0.3, -0.25) is 0 Å². The number of nitrogens with zero attached hydrogens (tertiary/aromatic N) is 2. The standard InChI is InChI=1S/C15H21F2N3O2.HI/c1-2-18-15(20-7-5-11(21)10-20)19-6-8-22-12-3-4-13(16)14(17)9-12;/h3-4,9,11,21H,2,5-8,10H2,1H3,(H,18,19);1H/t11-;/m1./s1. The van der Waals surface area contributed by atoms with E-state index in [1.165, 1.54) is 6.07 Å². The molecule has 1 aliphatic rings. The lowest BCUT2D eigenvalue weighted by atomic mass is 10.3. The van der Waals surface area contributed by atoms with Crippen LogP contribution in [0.25, 0.3) is 0 Å². The molecule has 23 heavy (non-hydrogen) atoms. The lowest BCUT2D eigenvalue weighted by molar-refractivity contribution is 0.187. The van der Waals surface area contributed by atoms with Crippen molar-refractivity contribution in [1.82, 2.24) is 10.2 Å². The minimum Gasteiger partial charge on any atom is -0.492 e. The summed E-state index contributed by atoms with van der Waals surface area (Å²) >= 11 is 0. The van der Waals surface area contributed by atoms with Crippen LogP contribution in [0.5, 0.6) is 5.75 Å². The summed E-state index contributed by atoms with van der Waals surface area (Å²) in [6.07, 6.45) is 0.415. The van der Waals surface area contributed by atoms with Crippen molar-refractivity contribution in [1.29, 1.82) is 0 Å². The molecule has 0 amide bonds. The Bertz CT molecular complexity index is 531. The molecule has 0 aliphatic carbocycles. The molecule has 0 radical (unpaired) electrons. The molecule has 1 aromatic carbocycles. The number of aliphatic hydroxyl groups excluding tert-OH is 1. The van der Waals surface area contributed by atoms with E-state index in [-0.39, 0.29) is 42.4 Å². The molecule has 0 unspecified atom stereocenters. The van der Waals surface area contributed by atoms with Crippen LogP contribution in [0.3, 0.4) is 0 Å². The Labute approximate surface area is 151 Å². The van der Waals surface area contributed by atoms with Crippen LogP contribution in [-0.2, 0) is 0 Å². The minimum atomic E-state index is -0.930. The maximum atomic E-state index is 13.0. The Hall–Kier alpha value is -1.16. The Morgan fingerprint density at radius 3 is 2.83 bits per heavy atom. The molecule has 1 atom stereocenters. The first-order valence-corrected chi connectivity index (χ1v) is 7.39. The van der Waals surface area contributed by atoms with Crippen molar-refractivity contribution in [2.45, 2.75) is 19.4 Å². The van der Waals surface area contributed by atoms with E-state index in [9.17, 15) is 13.9 Å². The molecule has 1 aliphatic heterocycles. The van der Waals surface area contributed by atoms with Gasteiger partial charge in [0.25, 0.3) is 0 Å². The van der Waals surface area contributed by atoms with Crippen molar-refractivity contribution in [2.24, 2.45) is 4.99 Å². The van der Waals surface area contributed by atoms with E-state index in [2.05, 4.69) is 10.3 Å². The lowest BCUT2D eigenvalue weighted by Gasteiger charge is -2.20. The zero-order valence-corrected chi connectivity index (χ0v) is 15.3. The van der Waals surface area contributed by atoms with Gasteiger partial charge in [0, 0.05) is 25.7 Å². The summed E-state index contributed by atoms with van der Waals surface area (Å²) in [4.78, 5) is 6.40. The Balaban J connectivity index is 0.00000264. The average Bonchev–Trinajstić information content (AvgIpc) is 2.92. The van der Waals surface area contributed by atoms with Crippen LogP contribution < -0.4 is 10.1 Å². The van der Waals surface area contributed by atoms with Crippen molar-refractivity contribution >= 4 is 29.9 Å². The van der Waals surface area contributed by atoms with E-state index in [0.29, 0.717) is 13.1 Å². The van der Waals surface area contributed by atoms with Crippen LogP contribution in [0.15, 0.2) is 23.2 Å². The van der Waals surface area contributed by atoms with Crippen LogP contribution in [-0.4, -0.2) is 54.9 Å². The van der Waals surface area contributed by atoms with Crippen LogP contribution in [0.1, 0.15) is 13.3 Å². The van der Waals surface area contributed by atoms with Gasteiger partial charge < -0.3 is 20.1 Å². The summed E-state index contributed by atoms with van der Waals surface area (Å²) < 4.78 is 31.2. The minimum absolute atomic E-state index is 0. The van der Waals surface area contributed by atoms with Crippen LogP contribution >= 0.6 is 24.0 Å². The number of ether oxygens (including phenoxy) is 1. The molecule has 1 saturated heterocycles. The molecule has 0 saturated carbocycles. The van der Waals surface area contributed by atoms with Crippen LogP contribution in [0, 0.1) is 11.6 Å². The van der Waals surface area contributed by atoms with Gasteiger partial charge in [0.05, 0.1) is 12.6 Å². The number of likely N-dealkylation sites (tertiary alicyclic amines) is 1. The molecule has 0 aromatic heterocycles. The number of halogens is 3. The Morgan fingerprint density at radius 2 is 2.22 bits per heavy atom. The first kappa shape index (κ1) is 19.9. The molecule has 8 heteroatoms. The van der Waals surface area contributed by atoms with Crippen molar-refractivity contribution in [3.8, 4) is 5.75 Å². The monoisotopic (exact) mass is 441 g/mol. The van der Waals surface area contributed by atoms with Crippen LogP contribution in [0.4, 0.5) is 8.78 Å². The summed E-state index contributed by atoms with van der Waals surface area (Å²) in [7, 11) is 0. The largest absolute Gasteiger partial charge is 0.492 e. The Kier molecular flexibility index (Phi) is 8.53. The van der Waals surface area contributed by atoms with Gasteiger partial charge in [0.2, 0.25) is 0 Å². The fourth-order valence-electron chi connectivity index (χ4n) is 2.24. The van der Waals surface area contributed by atoms with Gasteiger partial charge in [-0.2, -0.15) is 0 Å². The summed E-state index contributed by atoms with van der Waals surface area (Å²) in [6, 6.07) is 3.43.